The minimum Gasteiger partial charge on any atom is -0.478 e. The van der Waals surface area contributed by atoms with Gasteiger partial charge < -0.3 is 14.6 Å². The topological polar surface area (TPSA) is 89.9 Å². The summed E-state index contributed by atoms with van der Waals surface area (Å²) < 4.78 is 9.48. The van der Waals surface area contributed by atoms with Crippen molar-refractivity contribution in [2.75, 3.05) is 13.2 Å². The SMILES string of the molecule is C=C(C)C(=O)O.C=C(C)C(=O)OCCCC.C=CC(=O)OCCCC.C=Cc1ccccc1. The van der Waals surface area contributed by atoms with Crippen LogP contribution in [0, 0.1) is 0 Å². The number of benzene rings is 1. The van der Waals surface area contributed by atoms with Crippen LogP contribution in [0.5, 0.6) is 0 Å². The van der Waals surface area contributed by atoms with E-state index in [1.165, 1.54) is 18.6 Å². The van der Waals surface area contributed by atoms with Crippen molar-refractivity contribution in [2.24, 2.45) is 0 Å². The van der Waals surface area contributed by atoms with Gasteiger partial charge in [-0.2, -0.15) is 0 Å². The lowest BCUT2D eigenvalue weighted by Gasteiger charge is -2.01. The molecule has 0 aromatic heterocycles. The molecule has 1 N–H and O–H groups in total. The highest BCUT2D eigenvalue weighted by molar-refractivity contribution is 5.86. The monoisotopic (exact) mass is 460 g/mol. The van der Waals surface area contributed by atoms with E-state index in [4.69, 9.17) is 9.84 Å². The zero-order valence-electron chi connectivity index (χ0n) is 20.6. The van der Waals surface area contributed by atoms with Gasteiger partial charge in [0, 0.05) is 17.2 Å². The number of carbonyl (C=O) groups excluding carboxylic acids is 2. The van der Waals surface area contributed by atoms with E-state index in [-0.39, 0.29) is 17.5 Å². The maximum atomic E-state index is 10.7. The van der Waals surface area contributed by atoms with Crippen LogP contribution >= 0.6 is 0 Å². The predicted molar refractivity (Wildman–Crippen MR) is 136 cm³/mol. The van der Waals surface area contributed by atoms with E-state index in [0.29, 0.717) is 18.8 Å². The Labute approximate surface area is 199 Å². The molecule has 0 amide bonds. The summed E-state index contributed by atoms with van der Waals surface area (Å²) in [5.41, 5.74) is 1.82. The number of unbranched alkanes of at least 4 members (excludes halogenated alkanes) is 2. The highest BCUT2D eigenvalue weighted by Gasteiger charge is 2.00. The average Bonchev–Trinajstić information content (AvgIpc) is 2.80. The molecular weight excluding hydrogens is 420 g/mol. The molecule has 0 aliphatic rings. The van der Waals surface area contributed by atoms with Gasteiger partial charge in [0.25, 0.3) is 0 Å². The molecule has 33 heavy (non-hydrogen) atoms. The van der Waals surface area contributed by atoms with Crippen molar-refractivity contribution < 1.29 is 29.0 Å². The Morgan fingerprint density at radius 2 is 1.33 bits per heavy atom. The number of carboxylic acids is 1. The number of carboxylic acid groups (broad SMARTS) is 1. The maximum Gasteiger partial charge on any atom is 0.333 e. The fourth-order valence-corrected chi connectivity index (χ4v) is 1.40. The number of carbonyl (C=O) groups is 3. The quantitative estimate of drug-likeness (QED) is 0.247. The summed E-state index contributed by atoms with van der Waals surface area (Å²) in [6.45, 7) is 21.7. The Hall–Kier alpha value is -3.41. The van der Waals surface area contributed by atoms with E-state index in [1.807, 2.05) is 43.3 Å². The van der Waals surface area contributed by atoms with Crippen molar-refractivity contribution in [3.63, 3.8) is 0 Å². The number of hydrogen-bond donors (Lipinski definition) is 1. The summed E-state index contributed by atoms with van der Waals surface area (Å²) in [4.78, 5) is 30.6. The van der Waals surface area contributed by atoms with Crippen molar-refractivity contribution in [3.05, 3.63) is 79.4 Å². The summed E-state index contributed by atoms with van der Waals surface area (Å²) in [5.74, 6) is -1.55. The van der Waals surface area contributed by atoms with Crippen LogP contribution < -0.4 is 0 Å². The Balaban J connectivity index is -0.000000369. The second-order valence-electron chi connectivity index (χ2n) is 6.70. The van der Waals surface area contributed by atoms with Crippen LogP contribution in [-0.2, 0) is 23.9 Å². The number of esters is 2. The van der Waals surface area contributed by atoms with E-state index >= 15 is 0 Å². The molecule has 0 bridgehead atoms. The summed E-state index contributed by atoms with van der Waals surface area (Å²) >= 11 is 0. The first kappa shape index (κ1) is 34.2. The fraction of sp³-hybridized carbons (Fsp3) is 0.370. The number of ether oxygens (including phenoxy) is 2. The summed E-state index contributed by atoms with van der Waals surface area (Å²) in [6.07, 6.45) is 6.96. The van der Waals surface area contributed by atoms with Crippen LogP contribution in [0.25, 0.3) is 6.08 Å². The van der Waals surface area contributed by atoms with Crippen LogP contribution in [0.2, 0.25) is 0 Å². The smallest absolute Gasteiger partial charge is 0.333 e. The first-order chi connectivity index (χ1) is 15.6. The summed E-state index contributed by atoms with van der Waals surface area (Å²) in [5, 5.41) is 7.89. The Kier molecular flexibility index (Phi) is 25.8. The lowest BCUT2D eigenvalue weighted by molar-refractivity contribution is -0.139. The normalized spacial score (nSPS) is 8.48. The summed E-state index contributed by atoms with van der Waals surface area (Å²) in [7, 11) is 0. The standard InChI is InChI=1S/C8H14O2.C8H8.C7H12O2.C4H6O2/c1-4-5-6-10-8(9)7(2)3;1-2-8-6-4-3-5-7-8;1-3-5-6-9-7(8)4-2;1-3(2)4(5)6/h2,4-6H2,1,3H3;2-7H,1H2;4H,2-3,5-6H2,1H3;1H2,2H3,(H,5,6). The lowest BCUT2D eigenvalue weighted by Crippen LogP contribution is -2.05. The van der Waals surface area contributed by atoms with E-state index in [0.717, 1.165) is 25.7 Å². The molecule has 0 aliphatic heterocycles. The van der Waals surface area contributed by atoms with Gasteiger partial charge in [-0.3, -0.25) is 0 Å². The second kappa shape index (κ2) is 24.9. The molecule has 1 rings (SSSR count). The molecule has 1 aromatic rings. The van der Waals surface area contributed by atoms with Gasteiger partial charge in [0.2, 0.25) is 0 Å². The van der Waals surface area contributed by atoms with Crippen LogP contribution in [0.1, 0.15) is 58.9 Å². The number of aliphatic carboxylic acids is 1. The van der Waals surface area contributed by atoms with Crippen molar-refractivity contribution in [1.82, 2.24) is 0 Å². The van der Waals surface area contributed by atoms with Crippen molar-refractivity contribution in [1.29, 1.82) is 0 Å². The van der Waals surface area contributed by atoms with Crippen LogP contribution in [0.15, 0.2) is 73.9 Å². The van der Waals surface area contributed by atoms with Gasteiger partial charge in [-0.25, -0.2) is 14.4 Å². The molecule has 0 aliphatic carbocycles. The fourth-order valence-electron chi connectivity index (χ4n) is 1.40. The third-order valence-electron chi connectivity index (χ3n) is 3.39. The zero-order valence-corrected chi connectivity index (χ0v) is 20.6. The molecule has 6 heteroatoms. The first-order valence-electron chi connectivity index (χ1n) is 10.7. The lowest BCUT2D eigenvalue weighted by atomic mass is 10.2. The van der Waals surface area contributed by atoms with E-state index in [1.54, 1.807) is 6.92 Å². The molecule has 0 saturated heterocycles. The Morgan fingerprint density at radius 1 is 0.879 bits per heavy atom. The molecule has 0 saturated carbocycles. The minimum absolute atomic E-state index is 0.176. The maximum absolute atomic E-state index is 10.7. The number of hydrogen-bond acceptors (Lipinski definition) is 5. The Morgan fingerprint density at radius 3 is 1.64 bits per heavy atom. The van der Waals surface area contributed by atoms with Gasteiger partial charge in [-0.1, -0.05) is 89.4 Å². The van der Waals surface area contributed by atoms with E-state index in [9.17, 15) is 14.4 Å². The van der Waals surface area contributed by atoms with Crippen molar-refractivity contribution in [3.8, 4) is 0 Å². The molecule has 0 fully saturated rings. The number of rotatable bonds is 10. The third kappa shape index (κ3) is 28.6. The van der Waals surface area contributed by atoms with Gasteiger partial charge >= 0.3 is 17.9 Å². The predicted octanol–water partition coefficient (Wildman–Crippen LogP) is 6.40. The summed E-state index contributed by atoms with van der Waals surface area (Å²) in [6, 6.07) is 10.0. The van der Waals surface area contributed by atoms with E-state index < -0.39 is 5.97 Å². The second-order valence-corrected chi connectivity index (χ2v) is 6.70. The van der Waals surface area contributed by atoms with Crippen LogP contribution in [0.3, 0.4) is 0 Å². The van der Waals surface area contributed by atoms with Crippen LogP contribution in [0.4, 0.5) is 0 Å². The molecule has 0 heterocycles. The average molecular weight is 461 g/mol. The van der Waals surface area contributed by atoms with Gasteiger partial charge in [0.15, 0.2) is 0 Å². The Bertz CT molecular complexity index is 707. The molecule has 0 unspecified atom stereocenters. The van der Waals surface area contributed by atoms with E-state index in [2.05, 4.69) is 38.0 Å². The highest BCUT2D eigenvalue weighted by atomic mass is 16.5. The molecule has 1 aromatic carbocycles. The molecule has 0 spiro atoms. The molecular formula is C27H40O6. The molecule has 0 atom stereocenters. The highest BCUT2D eigenvalue weighted by Crippen LogP contribution is 1.97. The van der Waals surface area contributed by atoms with Gasteiger partial charge in [0.05, 0.1) is 13.2 Å². The molecule has 0 radical (unpaired) electrons. The zero-order chi connectivity index (χ0) is 26.1. The minimum atomic E-state index is -0.935. The van der Waals surface area contributed by atoms with Gasteiger partial charge in [-0.15, -0.1) is 0 Å². The first-order valence-corrected chi connectivity index (χ1v) is 10.7. The molecule has 6 nitrogen and oxygen atoms in total. The van der Waals surface area contributed by atoms with Crippen molar-refractivity contribution >= 4 is 24.0 Å². The largest absolute Gasteiger partial charge is 0.478 e. The molecule has 184 valence electrons. The van der Waals surface area contributed by atoms with Crippen LogP contribution in [-0.4, -0.2) is 36.2 Å². The van der Waals surface area contributed by atoms with Gasteiger partial charge in [0.1, 0.15) is 0 Å². The van der Waals surface area contributed by atoms with Gasteiger partial charge in [-0.05, 0) is 32.3 Å². The van der Waals surface area contributed by atoms with Crippen molar-refractivity contribution in [2.45, 2.75) is 53.4 Å². The third-order valence-corrected chi connectivity index (χ3v) is 3.39.